The van der Waals surface area contributed by atoms with Crippen LogP contribution in [0.3, 0.4) is 0 Å². The van der Waals surface area contributed by atoms with Crippen LogP contribution in [0.4, 0.5) is 13.2 Å². The van der Waals surface area contributed by atoms with E-state index in [2.05, 4.69) is 10.1 Å². The Hall–Kier alpha value is -2.25. The van der Waals surface area contributed by atoms with Gasteiger partial charge in [-0.15, -0.1) is 13.2 Å². The molecule has 0 aromatic heterocycles. The van der Waals surface area contributed by atoms with E-state index >= 15 is 0 Å². The molecular formula is C18H21F3N2O3. The fraction of sp³-hybridized carbons (Fsp3) is 0.556. The second-order valence-corrected chi connectivity index (χ2v) is 6.79. The van der Waals surface area contributed by atoms with E-state index in [9.17, 15) is 22.8 Å². The van der Waals surface area contributed by atoms with E-state index in [1.165, 1.54) is 17.0 Å². The molecule has 5 nitrogen and oxygen atoms in total. The van der Waals surface area contributed by atoms with E-state index in [1.807, 2.05) is 0 Å². The normalized spacial score (nSPS) is 25.8. The highest BCUT2D eigenvalue weighted by atomic mass is 19.4. The maximum Gasteiger partial charge on any atom is 0.573 e. The average Bonchev–Trinajstić information content (AvgIpc) is 3.37. The maximum atomic E-state index is 12.7. The van der Waals surface area contributed by atoms with Crippen molar-refractivity contribution in [1.82, 2.24) is 10.2 Å². The molecule has 142 valence electrons. The van der Waals surface area contributed by atoms with Gasteiger partial charge in [0, 0.05) is 19.5 Å². The molecule has 1 heterocycles. The number of nitrogens with one attached hydrogen (secondary N) is 1. The molecule has 1 aliphatic heterocycles. The van der Waals surface area contributed by atoms with Crippen molar-refractivity contribution in [3.63, 3.8) is 0 Å². The summed E-state index contributed by atoms with van der Waals surface area (Å²) in [5.74, 6) is -1.39. The van der Waals surface area contributed by atoms with Crippen LogP contribution in [0, 0.1) is 5.92 Å². The van der Waals surface area contributed by atoms with Crippen LogP contribution in [0.25, 0.3) is 0 Å². The Morgan fingerprint density at radius 3 is 2.73 bits per heavy atom. The maximum absolute atomic E-state index is 12.7. The predicted octanol–water partition coefficient (Wildman–Crippen LogP) is 2.82. The third-order valence-corrected chi connectivity index (χ3v) is 4.97. The summed E-state index contributed by atoms with van der Waals surface area (Å²) < 4.78 is 41.8. The number of halogens is 3. The zero-order valence-corrected chi connectivity index (χ0v) is 14.4. The molecule has 8 heteroatoms. The fourth-order valence-electron chi connectivity index (χ4n) is 3.52. The molecule has 2 aliphatic rings. The van der Waals surface area contributed by atoms with Gasteiger partial charge < -0.3 is 15.0 Å². The van der Waals surface area contributed by atoms with Crippen LogP contribution in [0.1, 0.15) is 37.2 Å². The molecule has 2 amide bonds. The minimum absolute atomic E-state index is 0.170. The summed E-state index contributed by atoms with van der Waals surface area (Å²) in [5, 5.41) is 2.79. The summed E-state index contributed by atoms with van der Waals surface area (Å²) >= 11 is 0. The standard InChI is InChI=1S/C18H21F3N2O3/c1-23(14-7-4-5-9-22-16(14)24)17(25)13-10-12(13)11-6-2-3-8-15(11)26-18(19,20)21/h2-3,6,8,12-14H,4-5,7,9-10H2,1H3,(H,22,24)/t12-,13+,14-/m0/s1. The highest BCUT2D eigenvalue weighted by Crippen LogP contribution is 2.51. The molecule has 0 radical (unpaired) electrons. The molecule has 1 aromatic carbocycles. The number of hydrogen-bond acceptors (Lipinski definition) is 3. The van der Waals surface area contributed by atoms with Crippen LogP contribution in [0.2, 0.25) is 0 Å². The topological polar surface area (TPSA) is 58.6 Å². The molecule has 3 atom stereocenters. The third kappa shape index (κ3) is 4.11. The van der Waals surface area contributed by atoms with Gasteiger partial charge in [0.05, 0.1) is 0 Å². The molecule has 0 spiro atoms. The Morgan fingerprint density at radius 2 is 2.00 bits per heavy atom. The number of likely N-dealkylation sites (N-methyl/N-ethyl adjacent to an activating group) is 1. The van der Waals surface area contributed by atoms with E-state index in [1.54, 1.807) is 19.2 Å². The molecule has 2 fully saturated rings. The number of nitrogens with zero attached hydrogens (tertiary/aromatic N) is 1. The number of hydrogen-bond donors (Lipinski definition) is 1. The van der Waals surface area contributed by atoms with Gasteiger partial charge >= 0.3 is 6.36 Å². The van der Waals surface area contributed by atoms with Crippen LogP contribution in [0.15, 0.2) is 24.3 Å². The first-order chi connectivity index (χ1) is 12.3. The van der Waals surface area contributed by atoms with E-state index < -0.39 is 18.3 Å². The lowest BCUT2D eigenvalue weighted by Crippen LogP contribution is -2.47. The molecule has 1 N–H and O–H groups in total. The van der Waals surface area contributed by atoms with Crippen molar-refractivity contribution in [3.8, 4) is 5.75 Å². The largest absolute Gasteiger partial charge is 0.573 e. The van der Waals surface area contributed by atoms with Gasteiger partial charge in [-0.05, 0) is 43.2 Å². The van der Waals surface area contributed by atoms with E-state index in [0.29, 0.717) is 24.9 Å². The lowest BCUT2D eigenvalue weighted by atomic mass is 10.1. The average molecular weight is 370 g/mol. The number of carbonyl (C=O) groups excluding carboxylic acids is 2. The van der Waals surface area contributed by atoms with Gasteiger partial charge in [-0.3, -0.25) is 9.59 Å². The van der Waals surface area contributed by atoms with Gasteiger partial charge in [-0.1, -0.05) is 18.2 Å². The summed E-state index contributed by atoms with van der Waals surface area (Å²) in [6.45, 7) is 0.603. The molecule has 3 rings (SSSR count). The van der Waals surface area contributed by atoms with Gasteiger partial charge in [0.1, 0.15) is 11.8 Å². The summed E-state index contributed by atoms with van der Waals surface area (Å²) in [6.07, 6.45) is -2.01. The zero-order chi connectivity index (χ0) is 18.9. The molecule has 1 aromatic rings. The second-order valence-electron chi connectivity index (χ2n) is 6.79. The lowest BCUT2D eigenvalue weighted by molar-refractivity contribution is -0.274. The highest BCUT2D eigenvalue weighted by molar-refractivity contribution is 5.90. The lowest BCUT2D eigenvalue weighted by Gasteiger charge is -2.26. The van der Waals surface area contributed by atoms with Crippen molar-refractivity contribution in [2.24, 2.45) is 5.92 Å². The Balaban J connectivity index is 1.70. The summed E-state index contributed by atoms with van der Waals surface area (Å²) in [7, 11) is 1.59. The molecular weight excluding hydrogens is 349 g/mol. The van der Waals surface area contributed by atoms with E-state index in [4.69, 9.17) is 0 Å². The van der Waals surface area contributed by atoms with Crippen LogP contribution in [0.5, 0.6) is 5.75 Å². The van der Waals surface area contributed by atoms with Crippen LogP contribution < -0.4 is 10.1 Å². The van der Waals surface area contributed by atoms with Crippen molar-refractivity contribution < 1.29 is 27.5 Å². The molecule has 26 heavy (non-hydrogen) atoms. The molecule has 1 saturated heterocycles. The Morgan fingerprint density at radius 1 is 1.27 bits per heavy atom. The Labute approximate surface area is 149 Å². The smallest absolute Gasteiger partial charge is 0.405 e. The summed E-state index contributed by atoms with van der Waals surface area (Å²) in [6, 6.07) is 5.38. The first-order valence-corrected chi connectivity index (χ1v) is 8.67. The molecule has 0 bridgehead atoms. The molecule has 1 aliphatic carbocycles. The fourth-order valence-corrected chi connectivity index (χ4v) is 3.52. The van der Waals surface area contributed by atoms with Crippen LogP contribution in [-0.4, -0.2) is 42.7 Å². The highest BCUT2D eigenvalue weighted by Gasteiger charge is 2.48. The Bertz CT molecular complexity index is 693. The van der Waals surface area contributed by atoms with E-state index in [0.717, 1.165) is 12.8 Å². The number of amides is 2. The first kappa shape index (κ1) is 18.5. The predicted molar refractivity (Wildman–Crippen MR) is 87.4 cm³/mol. The van der Waals surface area contributed by atoms with Crippen molar-refractivity contribution in [1.29, 1.82) is 0 Å². The monoisotopic (exact) mass is 370 g/mol. The van der Waals surface area contributed by atoms with Crippen molar-refractivity contribution in [2.75, 3.05) is 13.6 Å². The summed E-state index contributed by atoms with van der Waals surface area (Å²) in [4.78, 5) is 26.3. The number of rotatable bonds is 4. The molecule has 1 saturated carbocycles. The van der Waals surface area contributed by atoms with Crippen LogP contribution in [-0.2, 0) is 9.59 Å². The van der Waals surface area contributed by atoms with E-state index in [-0.39, 0.29) is 23.5 Å². The zero-order valence-electron chi connectivity index (χ0n) is 14.4. The second kappa shape index (κ2) is 7.17. The number of para-hydroxylation sites is 1. The third-order valence-electron chi connectivity index (χ3n) is 4.97. The minimum atomic E-state index is -4.78. The van der Waals surface area contributed by atoms with Crippen molar-refractivity contribution >= 4 is 11.8 Å². The minimum Gasteiger partial charge on any atom is -0.405 e. The first-order valence-electron chi connectivity index (χ1n) is 8.67. The quantitative estimate of drug-likeness (QED) is 0.887. The Kier molecular flexibility index (Phi) is 5.11. The van der Waals surface area contributed by atoms with Gasteiger partial charge in [0.25, 0.3) is 0 Å². The molecule has 0 unspecified atom stereocenters. The number of ether oxygens (including phenoxy) is 1. The van der Waals surface area contributed by atoms with Crippen LogP contribution >= 0.6 is 0 Å². The van der Waals surface area contributed by atoms with Gasteiger partial charge in [-0.25, -0.2) is 0 Å². The van der Waals surface area contributed by atoms with Gasteiger partial charge in [-0.2, -0.15) is 0 Å². The SMILES string of the molecule is CN(C(=O)[C@@H]1C[C@H]1c1ccccc1OC(F)(F)F)[C@H]1CCCCNC1=O. The number of alkyl halides is 3. The number of benzene rings is 1. The number of carbonyl (C=O) groups is 2. The van der Waals surface area contributed by atoms with Gasteiger partial charge in [0.15, 0.2) is 0 Å². The van der Waals surface area contributed by atoms with Crippen molar-refractivity contribution in [3.05, 3.63) is 29.8 Å². The van der Waals surface area contributed by atoms with Crippen molar-refractivity contribution in [2.45, 2.75) is 44.0 Å². The van der Waals surface area contributed by atoms with Gasteiger partial charge in [0.2, 0.25) is 11.8 Å². The summed E-state index contributed by atoms with van der Waals surface area (Å²) in [5.41, 5.74) is 0.377.